The Kier molecular flexibility index (Phi) is 16.1. The number of carbonyl (C=O) groups excluding carboxylic acids is 3. The van der Waals surface area contributed by atoms with Gasteiger partial charge in [0.2, 0.25) is 11.7 Å². The summed E-state index contributed by atoms with van der Waals surface area (Å²) in [6.07, 6.45) is 4.67. The SMILES string of the molecule is CC1(C)OCCn2c1nc(C(=O)NCc1ccc(F)cc1)c(O)c2=O.Cc1c(O)cccc1C(=O)N[C@@H](CSc1ccccc1)[C@H](O)CN1C[C@H]2CCCC[C@H]2C[C@H]1C(=O)NC(C)(C)C. The molecule has 1 aromatic heterocycles. The van der Waals surface area contributed by atoms with Crippen LogP contribution in [0.5, 0.6) is 11.5 Å². The number of phenols is 1. The summed E-state index contributed by atoms with van der Waals surface area (Å²) in [5.41, 5.74) is -0.656. The zero-order valence-electron chi connectivity index (χ0n) is 38.1. The molecule has 5 atom stereocenters. The predicted octanol–water partition coefficient (Wildman–Crippen LogP) is 6.03. The highest BCUT2D eigenvalue weighted by Crippen LogP contribution is 2.39. The Labute approximate surface area is 384 Å². The van der Waals surface area contributed by atoms with Crippen LogP contribution in [-0.4, -0.2) is 96.7 Å². The molecule has 0 spiro atoms. The summed E-state index contributed by atoms with van der Waals surface area (Å²) in [7, 11) is 0. The van der Waals surface area contributed by atoms with Crippen LogP contribution >= 0.6 is 11.8 Å². The van der Waals surface area contributed by atoms with Crippen LogP contribution in [0.15, 0.2) is 82.5 Å². The summed E-state index contributed by atoms with van der Waals surface area (Å²) in [4.78, 5) is 58.9. The molecule has 6 N–H and O–H groups in total. The van der Waals surface area contributed by atoms with E-state index >= 15 is 0 Å². The zero-order valence-corrected chi connectivity index (χ0v) is 38.9. The third-order valence-electron chi connectivity index (χ3n) is 12.3. The number of ether oxygens (including phenoxy) is 1. The van der Waals surface area contributed by atoms with E-state index in [-0.39, 0.29) is 59.6 Å². The van der Waals surface area contributed by atoms with Crippen molar-refractivity contribution in [3.8, 4) is 11.5 Å². The monoisotopic (exact) mass is 914 g/mol. The number of piperidine rings is 1. The minimum absolute atomic E-state index is 0.0124. The van der Waals surface area contributed by atoms with Gasteiger partial charge in [-0.15, -0.1) is 11.8 Å². The van der Waals surface area contributed by atoms with Crippen molar-refractivity contribution in [2.45, 2.75) is 121 Å². The molecule has 0 radical (unpaired) electrons. The lowest BCUT2D eigenvalue weighted by Gasteiger charge is -2.47. The van der Waals surface area contributed by atoms with Gasteiger partial charge < -0.3 is 36.0 Å². The van der Waals surface area contributed by atoms with Crippen LogP contribution in [-0.2, 0) is 28.2 Å². The van der Waals surface area contributed by atoms with Gasteiger partial charge in [0.25, 0.3) is 17.4 Å². The number of phenolic OH excluding ortho intramolecular Hbond substituents is 1. The second-order valence-corrected chi connectivity index (χ2v) is 19.8. The van der Waals surface area contributed by atoms with Crippen LogP contribution in [0.2, 0.25) is 0 Å². The summed E-state index contributed by atoms with van der Waals surface area (Å²) >= 11 is 1.57. The van der Waals surface area contributed by atoms with Gasteiger partial charge in [-0.05, 0) is 108 Å². The number of hydrogen-bond acceptors (Lipinski definition) is 11. The first kappa shape index (κ1) is 49.2. The van der Waals surface area contributed by atoms with Crippen molar-refractivity contribution in [3.63, 3.8) is 0 Å². The van der Waals surface area contributed by atoms with Crippen molar-refractivity contribution in [2.75, 3.05) is 25.4 Å². The number of benzene rings is 3. The maximum atomic E-state index is 13.5. The fraction of sp³-hybridized carbons (Fsp3) is 0.490. The van der Waals surface area contributed by atoms with Gasteiger partial charge in [0, 0.05) is 46.9 Å². The number of fused-ring (bicyclic) bond motifs is 2. The molecule has 1 saturated carbocycles. The molecule has 2 fully saturated rings. The molecule has 65 heavy (non-hydrogen) atoms. The maximum absolute atomic E-state index is 13.5. The van der Waals surface area contributed by atoms with Gasteiger partial charge in [0.1, 0.15) is 23.0 Å². The first-order valence-electron chi connectivity index (χ1n) is 22.3. The molecule has 0 bridgehead atoms. The number of halogens is 1. The smallest absolute Gasteiger partial charge is 0.296 e. The van der Waals surface area contributed by atoms with Crippen molar-refractivity contribution < 1.29 is 38.8 Å². The quantitative estimate of drug-likeness (QED) is 0.0909. The largest absolute Gasteiger partial charge is 0.508 e. The number of aromatic nitrogens is 2. The molecule has 16 heteroatoms. The van der Waals surface area contributed by atoms with Crippen LogP contribution in [0, 0.1) is 24.6 Å². The Morgan fingerprint density at radius 3 is 2.35 bits per heavy atom. The third kappa shape index (κ3) is 12.7. The summed E-state index contributed by atoms with van der Waals surface area (Å²) in [5.74, 6) is -0.205. The minimum Gasteiger partial charge on any atom is -0.508 e. The van der Waals surface area contributed by atoms with Crippen LogP contribution in [0.1, 0.15) is 105 Å². The van der Waals surface area contributed by atoms with Gasteiger partial charge >= 0.3 is 0 Å². The molecule has 3 aliphatic rings. The molecule has 14 nitrogen and oxygen atoms in total. The highest BCUT2D eigenvalue weighted by atomic mass is 32.2. The number of nitrogens with one attached hydrogen (secondary N) is 3. The van der Waals surface area contributed by atoms with E-state index in [0.29, 0.717) is 47.4 Å². The molecule has 1 saturated heterocycles. The molecule has 3 amide bonds. The number of aromatic hydroxyl groups is 2. The van der Waals surface area contributed by atoms with Gasteiger partial charge in [-0.2, -0.15) is 0 Å². The van der Waals surface area contributed by atoms with Gasteiger partial charge in [0.15, 0.2) is 5.69 Å². The van der Waals surface area contributed by atoms with E-state index in [1.54, 1.807) is 50.7 Å². The Balaban J connectivity index is 0.000000239. The minimum atomic E-state index is -0.886. The maximum Gasteiger partial charge on any atom is 0.296 e. The van der Waals surface area contributed by atoms with E-state index in [2.05, 4.69) is 25.8 Å². The summed E-state index contributed by atoms with van der Waals surface area (Å²) in [5, 5.41) is 40.6. The number of likely N-dealkylation sites (tertiary alicyclic amines) is 1. The van der Waals surface area contributed by atoms with Gasteiger partial charge in [-0.25, -0.2) is 9.37 Å². The van der Waals surface area contributed by atoms with Crippen LogP contribution < -0.4 is 21.5 Å². The molecule has 7 rings (SSSR count). The predicted molar refractivity (Wildman–Crippen MR) is 247 cm³/mol. The average Bonchev–Trinajstić information content (AvgIpc) is 3.26. The molecular formula is C49H63FN6O8S. The second kappa shape index (κ2) is 21.3. The molecule has 3 heterocycles. The molecule has 4 aromatic rings. The molecule has 1 aliphatic carbocycles. The first-order chi connectivity index (χ1) is 30.8. The normalized spacial score (nSPS) is 20.2. The van der Waals surface area contributed by atoms with E-state index in [9.17, 15) is 38.9 Å². The van der Waals surface area contributed by atoms with Gasteiger partial charge in [-0.1, -0.05) is 55.7 Å². The van der Waals surface area contributed by atoms with Crippen molar-refractivity contribution in [1.82, 2.24) is 30.4 Å². The summed E-state index contributed by atoms with van der Waals surface area (Å²) < 4.78 is 19.8. The highest BCUT2D eigenvalue weighted by molar-refractivity contribution is 7.99. The first-order valence-corrected chi connectivity index (χ1v) is 23.3. The molecule has 0 unspecified atom stereocenters. The fourth-order valence-corrected chi connectivity index (χ4v) is 9.78. The van der Waals surface area contributed by atoms with E-state index in [1.807, 2.05) is 51.1 Å². The Bertz CT molecular complexity index is 2360. The lowest BCUT2D eigenvalue weighted by Crippen LogP contribution is -2.60. The van der Waals surface area contributed by atoms with Gasteiger partial charge in [-0.3, -0.25) is 28.6 Å². The topological polar surface area (TPSA) is 195 Å². The number of aliphatic hydroxyl groups is 1. The lowest BCUT2D eigenvalue weighted by atomic mass is 9.72. The number of β-amino-alcohol motifs (C(OH)–C–C–N with tert-alkyl or cyclic N) is 1. The molecule has 2 aliphatic heterocycles. The molecular weight excluding hydrogens is 852 g/mol. The van der Waals surface area contributed by atoms with Crippen molar-refractivity contribution in [3.05, 3.63) is 117 Å². The Morgan fingerprint density at radius 2 is 1.66 bits per heavy atom. The number of rotatable bonds is 12. The fourth-order valence-electron chi connectivity index (χ4n) is 8.76. The van der Waals surface area contributed by atoms with E-state index in [1.165, 1.54) is 41.7 Å². The summed E-state index contributed by atoms with van der Waals surface area (Å²) in [6.45, 7) is 12.9. The lowest BCUT2D eigenvalue weighted by molar-refractivity contribution is -0.132. The van der Waals surface area contributed by atoms with Gasteiger partial charge in [0.05, 0.1) is 31.3 Å². The number of nitrogens with zero attached hydrogens (tertiary/aromatic N) is 3. The second-order valence-electron chi connectivity index (χ2n) is 18.7. The van der Waals surface area contributed by atoms with E-state index in [0.717, 1.165) is 30.7 Å². The highest BCUT2D eigenvalue weighted by Gasteiger charge is 2.42. The van der Waals surface area contributed by atoms with Crippen LogP contribution in [0.3, 0.4) is 0 Å². The Hall–Kier alpha value is -5.29. The van der Waals surface area contributed by atoms with Crippen LogP contribution in [0.4, 0.5) is 4.39 Å². The average molecular weight is 915 g/mol. The zero-order chi connectivity index (χ0) is 47.1. The van der Waals surface area contributed by atoms with E-state index in [4.69, 9.17) is 4.74 Å². The number of hydrogen-bond donors (Lipinski definition) is 6. The molecule has 3 aromatic carbocycles. The third-order valence-corrected chi connectivity index (χ3v) is 13.4. The van der Waals surface area contributed by atoms with Crippen molar-refractivity contribution in [1.29, 1.82) is 0 Å². The number of carbonyl (C=O) groups is 3. The number of amides is 3. The number of thioether (sulfide) groups is 1. The van der Waals surface area contributed by atoms with Crippen LogP contribution in [0.25, 0.3) is 0 Å². The van der Waals surface area contributed by atoms with Crippen molar-refractivity contribution >= 4 is 29.5 Å². The molecule has 350 valence electrons. The van der Waals surface area contributed by atoms with E-state index < -0.39 is 35.0 Å². The standard InChI is InChI=1S/C32H45N3O4S.C17H18FN3O4/c1-21-25(15-10-16-28(21)36)30(38)33-26(20-40-24-13-6-5-7-14-24)29(37)19-35-18-23-12-9-8-11-22(23)17-27(35)31(39)34-32(2,3)4;1-17(2)16-20-12(13(22)15(24)21(16)7-8-25-17)14(23)19-9-10-3-5-11(18)6-4-10/h5-7,10,13-16,22-23,26-27,29,36-37H,8-9,11-12,17-20H2,1-4H3,(H,33,38)(H,34,39);3-6,22H,7-9H2,1-2H3,(H,19,23)/t22-,23+,26-,27-,29+;/m0./s1. The number of aliphatic hydroxyl groups excluding tert-OH is 1. The Morgan fingerprint density at radius 1 is 0.969 bits per heavy atom. The van der Waals surface area contributed by atoms with Crippen molar-refractivity contribution in [2.24, 2.45) is 11.8 Å². The summed E-state index contributed by atoms with van der Waals surface area (Å²) in [6, 6.07) is 19.5.